The van der Waals surface area contributed by atoms with Gasteiger partial charge >= 0.3 is 12.0 Å². The van der Waals surface area contributed by atoms with Crippen molar-refractivity contribution < 1.29 is 23.9 Å². The number of rotatable bonds is 5. The van der Waals surface area contributed by atoms with Gasteiger partial charge in [-0.2, -0.15) is 0 Å². The van der Waals surface area contributed by atoms with Crippen LogP contribution < -0.4 is 10.6 Å². The molecule has 2 rings (SSSR count). The van der Waals surface area contributed by atoms with E-state index >= 15 is 0 Å². The predicted octanol–water partition coefficient (Wildman–Crippen LogP) is 0.555. The molecule has 24 heavy (non-hydrogen) atoms. The van der Waals surface area contributed by atoms with Crippen LogP contribution >= 0.6 is 0 Å². The predicted molar refractivity (Wildman–Crippen MR) is 84.8 cm³/mol. The molecule has 8 heteroatoms. The van der Waals surface area contributed by atoms with E-state index in [1.807, 2.05) is 6.92 Å². The van der Waals surface area contributed by atoms with Crippen LogP contribution in [0, 0.1) is 5.92 Å². The minimum absolute atomic E-state index is 0.0259. The Morgan fingerprint density at radius 3 is 2.75 bits per heavy atom. The Morgan fingerprint density at radius 2 is 2.12 bits per heavy atom. The van der Waals surface area contributed by atoms with Crippen LogP contribution in [-0.2, 0) is 19.1 Å². The number of nitrogens with zero attached hydrogens (tertiary/aromatic N) is 1. The number of hydrogen-bond donors (Lipinski definition) is 2. The zero-order valence-corrected chi connectivity index (χ0v) is 14.4. The number of urea groups is 1. The highest BCUT2D eigenvalue weighted by molar-refractivity contribution is 6.09. The molecule has 1 saturated carbocycles. The number of esters is 1. The lowest BCUT2D eigenvalue weighted by molar-refractivity contribution is -0.156. The molecule has 0 aromatic carbocycles. The van der Waals surface area contributed by atoms with Crippen molar-refractivity contribution in [2.45, 2.75) is 58.1 Å². The zero-order chi connectivity index (χ0) is 17.9. The van der Waals surface area contributed by atoms with E-state index in [9.17, 15) is 19.2 Å². The average molecular weight is 339 g/mol. The Hall–Kier alpha value is -2.12. The summed E-state index contributed by atoms with van der Waals surface area (Å²) in [5.41, 5.74) is -0.902. The van der Waals surface area contributed by atoms with E-state index in [0.717, 1.165) is 24.2 Å². The standard InChI is InChI=1S/C16H25N3O5/c1-4-17-13(21)11(3)24-12(20)9-19-14(22)16(18-15(19)23)8-6-5-7-10(16)2/h10-11H,4-9H2,1-3H3,(H,17,21)(H,18,23)/t10-,11+,16+/m0/s1. The number of nitrogens with one attached hydrogen (secondary N) is 2. The first-order chi connectivity index (χ1) is 11.3. The van der Waals surface area contributed by atoms with Gasteiger partial charge in [0.15, 0.2) is 6.10 Å². The fourth-order valence-electron chi connectivity index (χ4n) is 3.37. The lowest BCUT2D eigenvalue weighted by Gasteiger charge is -2.36. The van der Waals surface area contributed by atoms with Crippen LogP contribution in [0.25, 0.3) is 0 Å². The molecule has 1 heterocycles. The van der Waals surface area contributed by atoms with Gasteiger partial charge in [-0.15, -0.1) is 0 Å². The number of amides is 4. The van der Waals surface area contributed by atoms with Crippen LogP contribution in [-0.4, -0.2) is 53.4 Å². The van der Waals surface area contributed by atoms with E-state index in [0.29, 0.717) is 13.0 Å². The molecule has 2 fully saturated rings. The molecule has 4 amide bonds. The van der Waals surface area contributed by atoms with E-state index < -0.39 is 36.1 Å². The van der Waals surface area contributed by atoms with E-state index in [1.54, 1.807) is 6.92 Å². The molecule has 2 aliphatic rings. The third-order valence-electron chi connectivity index (χ3n) is 4.82. The molecule has 1 spiro atoms. The van der Waals surface area contributed by atoms with Gasteiger partial charge in [-0.3, -0.25) is 19.3 Å². The Labute approximate surface area is 141 Å². The quantitative estimate of drug-likeness (QED) is 0.562. The highest BCUT2D eigenvalue weighted by Crippen LogP contribution is 2.38. The summed E-state index contributed by atoms with van der Waals surface area (Å²) in [6, 6.07) is -0.573. The molecule has 0 unspecified atom stereocenters. The van der Waals surface area contributed by atoms with Crippen molar-refractivity contribution in [3.05, 3.63) is 0 Å². The van der Waals surface area contributed by atoms with Gasteiger partial charge < -0.3 is 15.4 Å². The van der Waals surface area contributed by atoms with Crippen molar-refractivity contribution in [3.63, 3.8) is 0 Å². The summed E-state index contributed by atoms with van der Waals surface area (Å²) in [6.45, 7) is 5.08. The first kappa shape index (κ1) is 18.2. The van der Waals surface area contributed by atoms with Crippen LogP contribution in [0.2, 0.25) is 0 Å². The number of carbonyl (C=O) groups is 4. The van der Waals surface area contributed by atoms with Gasteiger partial charge in [0.1, 0.15) is 12.1 Å². The second-order valence-corrected chi connectivity index (χ2v) is 6.47. The molecule has 0 aromatic rings. The van der Waals surface area contributed by atoms with E-state index in [4.69, 9.17) is 4.74 Å². The summed E-state index contributed by atoms with van der Waals surface area (Å²) in [4.78, 5) is 49.3. The van der Waals surface area contributed by atoms with Crippen LogP contribution in [0.5, 0.6) is 0 Å². The molecule has 8 nitrogen and oxygen atoms in total. The fraction of sp³-hybridized carbons (Fsp3) is 0.750. The number of imide groups is 1. The summed E-state index contributed by atoms with van der Waals surface area (Å²) in [6.07, 6.45) is 2.36. The summed E-state index contributed by atoms with van der Waals surface area (Å²) >= 11 is 0. The Morgan fingerprint density at radius 1 is 1.42 bits per heavy atom. The average Bonchev–Trinajstić information content (AvgIpc) is 2.75. The van der Waals surface area contributed by atoms with Gasteiger partial charge in [0, 0.05) is 6.54 Å². The summed E-state index contributed by atoms with van der Waals surface area (Å²) < 4.78 is 5.00. The van der Waals surface area contributed by atoms with Gasteiger partial charge in [-0.1, -0.05) is 19.8 Å². The minimum atomic E-state index is -0.971. The molecule has 3 atom stereocenters. The molecule has 0 aromatic heterocycles. The zero-order valence-electron chi connectivity index (χ0n) is 14.4. The van der Waals surface area contributed by atoms with Crippen LogP contribution in [0.1, 0.15) is 46.5 Å². The van der Waals surface area contributed by atoms with Gasteiger partial charge in [0.05, 0.1) is 0 Å². The maximum absolute atomic E-state index is 12.7. The lowest BCUT2D eigenvalue weighted by atomic mass is 9.73. The van der Waals surface area contributed by atoms with Crippen molar-refractivity contribution in [3.8, 4) is 0 Å². The highest BCUT2D eigenvalue weighted by Gasteiger charge is 2.55. The smallest absolute Gasteiger partial charge is 0.327 e. The molecular formula is C16H25N3O5. The minimum Gasteiger partial charge on any atom is -0.451 e. The van der Waals surface area contributed by atoms with E-state index in [1.165, 1.54) is 6.92 Å². The number of carbonyl (C=O) groups excluding carboxylic acids is 4. The first-order valence-corrected chi connectivity index (χ1v) is 8.43. The van der Waals surface area contributed by atoms with Crippen molar-refractivity contribution in [1.82, 2.24) is 15.5 Å². The number of likely N-dealkylation sites (N-methyl/N-ethyl adjacent to an activating group) is 1. The molecule has 134 valence electrons. The molecule has 0 radical (unpaired) electrons. The maximum Gasteiger partial charge on any atom is 0.327 e. The van der Waals surface area contributed by atoms with Crippen LogP contribution in [0.15, 0.2) is 0 Å². The third kappa shape index (κ3) is 3.37. The Kier molecular flexibility index (Phi) is 5.46. The second-order valence-electron chi connectivity index (χ2n) is 6.47. The van der Waals surface area contributed by atoms with Crippen molar-refractivity contribution in [2.75, 3.05) is 13.1 Å². The van der Waals surface area contributed by atoms with Crippen LogP contribution in [0.4, 0.5) is 4.79 Å². The molecule has 1 saturated heterocycles. The van der Waals surface area contributed by atoms with Crippen molar-refractivity contribution in [2.24, 2.45) is 5.92 Å². The van der Waals surface area contributed by atoms with Crippen molar-refractivity contribution in [1.29, 1.82) is 0 Å². The number of ether oxygens (including phenoxy) is 1. The molecule has 0 bridgehead atoms. The largest absolute Gasteiger partial charge is 0.451 e. The van der Waals surface area contributed by atoms with Crippen LogP contribution in [0.3, 0.4) is 0 Å². The monoisotopic (exact) mass is 339 g/mol. The second kappa shape index (κ2) is 7.19. The highest BCUT2D eigenvalue weighted by atomic mass is 16.5. The molecule has 1 aliphatic carbocycles. The van der Waals surface area contributed by atoms with E-state index in [2.05, 4.69) is 10.6 Å². The van der Waals surface area contributed by atoms with E-state index in [-0.39, 0.29) is 11.8 Å². The third-order valence-corrected chi connectivity index (χ3v) is 4.82. The van der Waals surface area contributed by atoms with Crippen molar-refractivity contribution >= 4 is 23.8 Å². The Balaban J connectivity index is 1.99. The van der Waals surface area contributed by atoms with Gasteiger partial charge in [0.25, 0.3) is 11.8 Å². The topological polar surface area (TPSA) is 105 Å². The summed E-state index contributed by atoms with van der Waals surface area (Å²) in [5.74, 6) is -1.54. The SMILES string of the molecule is CCNC(=O)[C@@H](C)OC(=O)CN1C(=O)N[C@@]2(CCCC[C@@H]2C)C1=O. The van der Waals surface area contributed by atoms with Gasteiger partial charge in [-0.25, -0.2) is 4.79 Å². The van der Waals surface area contributed by atoms with Gasteiger partial charge in [0.2, 0.25) is 0 Å². The first-order valence-electron chi connectivity index (χ1n) is 8.43. The maximum atomic E-state index is 12.7. The lowest BCUT2D eigenvalue weighted by Crippen LogP contribution is -2.54. The van der Waals surface area contributed by atoms with Gasteiger partial charge in [-0.05, 0) is 32.6 Å². The normalized spacial score (nSPS) is 27.8. The molecule has 1 aliphatic heterocycles. The summed E-state index contributed by atoms with van der Waals surface area (Å²) in [5, 5.41) is 5.31. The Bertz CT molecular complexity index is 550. The molecule has 2 N–H and O–H groups in total. The number of hydrogen-bond acceptors (Lipinski definition) is 5. The fourth-order valence-corrected chi connectivity index (χ4v) is 3.37. The summed E-state index contributed by atoms with van der Waals surface area (Å²) in [7, 11) is 0. The molecular weight excluding hydrogens is 314 g/mol.